The van der Waals surface area contributed by atoms with E-state index in [2.05, 4.69) is 0 Å². The van der Waals surface area contributed by atoms with Crippen LogP contribution in [-0.4, -0.2) is 123 Å². The van der Waals surface area contributed by atoms with Crippen molar-refractivity contribution in [2.45, 2.75) is 108 Å². The molecule has 9 atom stereocenters. The van der Waals surface area contributed by atoms with Gasteiger partial charge in [-0.15, -0.1) is 0 Å². The highest BCUT2D eigenvalue weighted by Crippen LogP contribution is 2.34. The number of ether oxygens (including phenoxy) is 5. The molecule has 0 aromatic heterocycles. The van der Waals surface area contributed by atoms with Crippen LogP contribution in [0.5, 0.6) is 5.75 Å². The molecule has 0 saturated carbocycles. The van der Waals surface area contributed by atoms with Gasteiger partial charge >= 0.3 is 5.97 Å². The molecule has 2 saturated heterocycles. The van der Waals surface area contributed by atoms with Gasteiger partial charge in [-0.2, -0.15) is 0 Å². The Bertz CT molecular complexity index is 1080. The van der Waals surface area contributed by atoms with E-state index in [-0.39, 0.29) is 18.6 Å². The van der Waals surface area contributed by atoms with Gasteiger partial charge in [0, 0.05) is 0 Å². The quantitative estimate of drug-likeness (QED) is 0.124. The van der Waals surface area contributed by atoms with Gasteiger partial charge in [0.1, 0.15) is 42.4 Å². The Balaban J connectivity index is 2.03. The van der Waals surface area contributed by atoms with Gasteiger partial charge in [0.25, 0.3) is 0 Å². The maximum atomic E-state index is 12.5. The maximum absolute atomic E-state index is 12.5. The fourth-order valence-corrected chi connectivity index (χ4v) is 4.70. The van der Waals surface area contributed by atoms with Crippen molar-refractivity contribution in [1.82, 2.24) is 0 Å². The summed E-state index contributed by atoms with van der Waals surface area (Å²) in [7, 11) is 1.27. The van der Waals surface area contributed by atoms with Gasteiger partial charge in [0.05, 0.1) is 31.5 Å². The van der Waals surface area contributed by atoms with Crippen LogP contribution in [-0.2, 0) is 31.8 Å². The van der Waals surface area contributed by atoms with Crippen LogP contribution in [0.15, 0.2) is 23.8 Å². The fourth-order valence-electron chi connectivity index (χ4n) is 4.70. The highest BCUT2D eigenvalue weighted by molar-refractivity contribution is 5.90. The molecule has 1 aromatic carbocycles. The third-order valence-corrected chi connectivity index (χ3v) is 7.20. The third-order valence-electron chi connectivity index (χ3n) is 7.20. The number of hydrogen-bond acceptors (Lipinski definition) is 13. The Morgan fingerprint density at radius 2 is 1.69 bits per heavy atom. The van der Waals surface area contributed by atoms with Gasteiger partial charge in [-0.3, -0.25) is 0 Å². The van der Waals surface area contributed by atoms with Gasteiger partial charge in [-0.25, -0.2) is 4.79 Å². The van der Waals surface area contributed by atoms with Crippen LogP contribution in [0.4, 0.5) is 0 Å². The molecule has 2 aliphatic heterocycles. The first-order chi connectivity index (χ1) is 19.7. The fraction of sp³-hybridized carbons (Fsp3) is 0.690. The number of benzene rings is 1. The van der Waals surface area contributed by atoms with Crippen LogP contribution in [0.2, 0.25) is 0 Å². The molecule has 7 N–H and O–H groups in total. The van der Waals surface area contributed by atoms with E-state index in [9.17, 15) is 40.5 Å². The lowest BCUT2D eigenvalue weighted by atomic mass is 9.94. The molecule has 238 valence electrons. The van der Waals surface area contributed by atoms with Crippen LogP contribution in [0, 0.1) is 0 Å². The van der Waals surface area contributed by atoms with Crippen LogP contribution in [0.1, 0.15) is 55.6 Å². The molecule has 13 nitrogen and oxygen atoms in total. The van der Waals surface area contributed by atoms with Crippen molar-refractivity contribution in [2.24, 2.45) is 0 Å². The molecule has 2 fully saturated rings. The Labute approximate surface area is 244 Å². The van der Waals surface area contributed by atoms with E-state index in [1.807, 2.05) is 19.9 Å². The van der Waals surface area contributed by atoms with Gasteiger partial charge < -0.3 is 59.4 Å². The standard InChI is InChI=1S/C29H44O13/c1-14(2)6-7-15-10-17(26(36)38-5)11-16(8-9-29(3,4)37)24(15)41-28-25(20(32)18(31)13-39-28)42-27-23(35)22(34)21(33)19(12-30)40-27/h6,10-11,18-23,25,27-28,30-35,37H,7-9,12-13H2,1-5H3/t18-,19-,20-,21-,22+,23-,25+,27+,28-/m1/s1. The second-order valence-corrected chi connectivity index (χ2v) is 11.6. The molecule has 3 rings (SSSR count). The molecular weight excluding hydrogens is 556 g/mol. The molecule has 0 radical (unpaired) electrons. The van der Waals surface area contributed by atoms with Crippen LogP contribution in [0.3, 0.4) is 0 Å². The zero-order valence-corrected chi connectivity index (χ0v) is 24.5. The largest absolute Gasteiger partial charge is 0.465 e. The lowest BCUT2D eigenvalue weighted by Crippen LogP contribution is -2.63. The summed E-state index contributed by atoms with van der Waals surface area (Å²) in [6.45, 7) is 6.09. The van der Waals surface area contributed by atoms with E-state index in [0.29, 0.717) is 29.7 Å². The number of aryl methyl sites for hydroxylation is 1. The van der Waals surface area contributed by atoms with E-state index in [0.717, 1.165) is 5.57 Å². The predicted octanol–water partition coefficient (Wildman–Crippen LogP) is -0.673. The van der Waals surface area contributed by atoms with E-state index in [4.69, 9.17) is 23.7 Å². The zero-order chi connectivity index (χ0) is 31.4. The lowest BCUT2D eigenvalue weighted by molar-refractivity contribution is -0.348. The summed E-state index contributed by atoms with van der Waals surface area (Å²) in [5.74, 6) is -0.277. The molecule has 1 aromatic rings. The van der Waals surface area contributed by atoms with Crippen molar-refractivity contribution in [3.63, 3.8) is 0 Å². The molecule has 42 heavy (non-hydrogen) atoms. The number of aliphatic hydroxyl groups excluding tert-OH is 6. The Kier molecular flexibility index (Phi) is 11.9. The van der Waals surface area contributed by atoms with E-state index < -0.39 is 73.5 Å². The Hall–Kier alpha value is -2.17. The summed E-state index contributed by atoms with van der Waals surface area (Å²) in [6, 6.07) is 3.19. The van der Waals surface area contributed by atoms with Gasteiger partial charge in [0.15, 0.2) is 12.4 Å². The first kappa shape index (κ1) is 34.3. The highest BCUT2D eigenvalue weighted by Gasteiger charge is 2.49. The van der Waals surface area contributed by atoms with Crippen LogP contribution < -0.4 is 4.74 Å². The van der Waals surface area contributed by atoms with Gasteiger partial charge in [-0.1, -0.05) is 11.6 Å². The van der Waals surface area contributed by atoms with Gasteiger partial charge in [-0.05, 0) is 70.2 Å². The molecular formula is C29H44O13. The molecule has 0 aliphatic carbocycles. The number of hydrogen-bond donors (Lipinski definition) is 7. The minimum atomic E-state index is -1.77. The van der Waals surface area contributed by atoms with Crippen LogP contribution >= 0.6 is 0 Å². The zero-order valence-electron chi connectivity index (χ0n) is 24.5. The van der Waals surface area contributed by atoms with Crippen molar-refractivity contribution in [1.29, 1.82) is 0 Å². The first-order valence-electron chi connectivity index (χ1n) is 13.9. The van der Waals surface area contributed by atoms with Crippen LogP contribution in [0.25, 0.3) is 0 Å². The smallest absolute Gasteiger partial charge is 0.337 e. The number of carbonyl (C=O) groups excluding carboxylic acids is 1. The normalized spacial score (nSPS) is 31.9. The second kappa shape index (κ2) is 14.5. The minimum Gasteiger partial charge on any atom is -0.465 e. The molecule has 13 heteroatoms. The van der Waals surface area contributed by atoms with E-state index >= 15 is 0 Å². The average Bonchev–Trinajstić information content (AvgIpc) is 2.94. The summed E-state index contributed by atoms with van der Waals surface area (Å²) in [5.41, 5.74) is 1.32. The Morgan fingerprint density at radius 1 is 1.02 bits per heavy atom. The van der Waals surface area contributed by atoms with Crippen molar-refractivity contribution >= 4 is 5.97 Å². The number of aliphatic hydroxyl groups is 7. The summed E-state index contributed by atoms with van der Waals surface area (Å²) in [6.07, 6.45) is -11.1. The predicted molar refractivity (Wildman–Crippen MR) is 147 cm³/mol. The molecule has 0 unspecified atom stereocenters. The average molecular weight is 601 g/mol. The number of rotatable bonds is 11. The highest BCUT2D eigenvalue weighted by atomic mass is 16.8. The van der Waals surface area contributed by atoms with E-state index in [1.165, 1.54) is 7.11 Å². The molecule has 0 bridgehead atoms. The van der Waals surface area contributed by atoms with Gasteiger partial charge in [0.2, 0.25) is 6.29 Å². The van der Waals surface area contributed by atoms with Crippen molar-refractivity contribution < 1.29 is 64.2 Å². The monoisotopic (exact) mass is 600 g/mol. The van der Waals surface area contributed by atoms with Crippen molar-refractivity contribution in [3.8, 4) is 5.75 Å². The van der Waals surface area contributed by atoms with Crippen molar-refractivity contribution in [2.75, 3.05) is 20.3 Å². The third kappa shape index (κ3) is 8.47. The maximum Gasteiger partial charge on any atom is 0.337 e. The second-order valence-electron chi connectivity index (χ2n) is 11.6. The lowest BCUT2D eigenvalue weighted by Gasteiger charge is -2.44. The molecule has 2 aliphatic rings. The summed E-state index contributed by atoms with van der Waals surface area (Å²) in [4.78, 5) is 12.5. The number of allylic oxidation sites excluding steroid dienone is 2. The molecule has 0 spiro atoms. The topological polar surface area (TPSA) is 205 Å². The SMILES string of the molecule is COC(=O)c1cc(CC=C(C)C)c(O[C@H]2OC[C@@H](O)[C@@H](O)[C@@H]2O[C@@H]2O[C@H](CO)[C@@H](O)[C@H](O)[C@H]2O)c(CCC(C)(C)O)c1. The van der Waals surface area contributed by atoms with Crippen molar-refractivity contribution in [3.05, 3.63) is 40.5 Å². The number of methoxy groups -OCH3 is 1. The minimum absolute atomic E-state index is 0.266. The van der Waals surface area contributed by atoms with E-state index in [1.54, 1.807) is 26.0 Å². The Morgan fingerprint density at radius 3 is 2.29 bits per heavy atom. The number of esters is 1. The first-order valence-corrected chi connectivity index (χ1v) is 13.9. The summed E-state index contributed by atoms with van der Waals surface area (Å²) in [5, 5.41) is 72.0. The number of carbonyl (C=O) groups is 1. The summed E-state index contributed by atoms with van der Waals surface area (Å²) >= 11 is 0. The summed E-state index contributed by atoms with van der Waals surface area (Å²) < 4.78 is 28.2. The molecule has 0 amide bonds. The molecule has 2 heterocycles.